The molecule has 0 aliphatic carbocycles. The smallest absolute Gasteiger partial charge is 0.222 e. The Kier molecular flexibility index (Phi) is 4.99. The maximum Gasteiger partial charge on any atom is 0.222 e. The van der Waals surface area contributed by atoms with Crippen molar-refractivity contribution in [1.82, 2.24) is 5.32 Å². The third-order valence-corrected chi connectivity index (χ3v) is 3.47. The Hall–Kier alpha value is -2.03. The van der Waals surface area contributed by atoms with Gasteiger partial charge in [-0.05, 0) is 17.9 Å². The fourth-order valence-corrected chi connectivity index (χ4v) is 2.02. The van der Waals surface area contributed by atoms with Crippen LogP contribution in [0.1, 0.15) is 20.3 Å². The topological polar surface area (TPSA) is 38.3 Å². The van der Waals surface area contributed by atoms with E-state index < -0.39 is 0 Å². The van der Waals surface area contributed by atoms with Crippen molar-refractivity contribution in [3.05, 3.63) is 42.5 Å². The number of amides is 1. The summed E-state index contributed by atoms with van der Waals surface area (Å²) < 4.78 is 5.77. The third kappa shape index (κ3) is 3.50. The van der Waals surface area contributed by atoms with Crippen molar-refractivity contribution in [2.45, 2.75) is 20.3 Å². The average Bonchev–Trinajstić information content (AvgIpc) is 2.50. The largest absolute Gasteiger partial charge is 0.491 e. The van der Waals surface area contributed by atoms with Crippen molar-refractivity contribution in [1.29, 1.82) is 0 Å². The molecule has 20 heavy (non-hydrogen) atoms. The summed E-state index contributed by atoms with van der Waals surface area (Å²) in [4.78, 5) is 11.6. The molecule has 0 fully saturated rings. The van der Waals surface area contributed by atoms with Gasteiger partial charge >= 0.3 is 0 Å². The molecule has 3 heteroatoms. The molecule has 1 N–H and O–H groups in total. The minimum Gasteiger partial charge on any atom is -0.491 e. The summed E-state index contributed by atoms with van der Waals surface area (Å²) >= 11 is 0. The van der Waals surface area contributed by atoms with Gasteiger partial charge in [0, 0.05) is 11.3 Å². The number of ether oxygens (including phenoxy) is 1. The van der Waals surface area contributed by atoms with E-state index in [9.17, 15) is 4.79 Å². The number of benzene rings is 2. The van der Waals surface area contributed by atoms with Gasteiger partial charge in [-0.2, -0.15) is 0 Å². The van der Waals surface area contributed by atoms with Crippen LogP contribution in [0, 0.1) is 5.92 Å². The van der Waals surface area contributed by atoms with Crippen LogP contribution in [-0.2, 0) is 4.79 Å². The maximum absolute atomic E-state index is 11.6. The minimum absolute atomic E-state index is 0.0626. The number of fused-ring (bicyclic) bond motifs is 1. The van der Waals surface area contributed by atoms with E-state index >= 15 is 0 Å². The van der Waals surface area contributed by atoms with E-state index in [1.54, 1.807) is 0 Å². The molecule has 2 aromatic rings. The Morgan fingerprint density at radius 2 is 1.95 bits per heavy atom. The van der Waals surface area contributed by atoms with Crippen LogP contribution in [0.4, 0.5) is 0 Å². The average molecular weight is 271 g/mol. The van der Waals surface area contributed by atoms with Crippen LogP contribution in [0.15, 0.2) is 42.5 Å². The lowest BCUT2D eigenvalue weighted by molar-refractivity contribution is -0.124. The van der Waals surface area contributed by atoms with Crippen LogP contribution in [0.25, 0.3) is 10.8 Å². The van der Waals surface area contributed by atoms with Crippen LogP contribution in [0.2, 0.25) is 0 Å². The zero-order valence-corrected chi connectivity index (χ0v) is 12.1. The number of carbonyl (C=O) groups is 1. The summed E-state index contributed by atoms with van der Waals surface area (Å²) in [5, 5.41) is 5.15. The van der Waals surface area contributed by atoms with Crippen LogP contribution in [-0.4, -0.2) is 19.1 Å². The van der Waals surface area contributed by atoms with Gasteiger partial charge in [-0.25, -0.2) is 0 Å². The highest BCUT2D eigenvalue weighted by Crippen LogP contribution is 2.24. The van der Waals surface area contributed by atoms with Gasteiger partial charge in [0.1, 0.15) is 12.4 Å². The van der Waals surface area contributed by atoms with Gasteiger partial charge in [0.2, 0.25) is 5.91 Å². The fraction of sp³-hybridized carbons (Fsp3) is 0.353. The highest BCUT2D eigenvalue weighted by Gasteiger charge is 2.09. The third-order valence-electron chi connectivity index (χ3n) is 3.47. The summed E-state index contributed by atoms with van der Waals surface area (Å²) in [7, 11) is 0. The summed E-state index contributed by atoms with van der Waals surface area (Å²) in [6, 6.07) is 14.1. The predicted molar refractivity (Wildman–Crippen MR) is 81.9 cm³/mol. The standard InChI is InChI=1S/C17H21NO2/c1-3-13(2)17(19)18-11-12-20-16-10-6-8-14-7-4-5-9-15(14)16/h4-10,13H,3,11-12H2,1-2H3,(H,18,19). The first kappa shape index (κ1) is 14.4. The monoisotopic (exact) mass is 271 g/mol. The Morgan fingerprint density at radius 3 is 2.75 bits per heavy atom. The van der Waals surface area contributed by atoms with Crippen LogP contribution in [0.5, 0.6) is 5.75 Å². The lowest BCUT2D eigenvalue weighted by Gasteiger charge is -2.12. The molecule has 0 heterocycles. The number of carbonyl (C=O) groups excluding carboxylic acids is 1. The zero-order chi connectivity index (χ0) is 14.4. The highest BCUT2D eigenvalue weighted by molar-refractivity contribution is 5.88. The van der Waals surface area contributed by atoms with Gasteiger partial charge in [0.25, 0.3) is 0 Å². The van der Waals surface area contributed by atoms with Gasteiger partial charge in [-0.15, -0.1) is 0 Å². The van der Waals surface area contributed by atoms with E-state index in [0.717, 1.165) is 22.9 Å². The van der Waals surface area contributed by atoms with Crippen molar-refractivity contribution < 1.29 is 9.53 Å². The molecule has 0 saturated heterocycles. The highest BCUT2D eigenvalue weighted by atomic mass is 16.5. The van der Waals surface area contributed by atoms with Gasteiger partial charge in [0.15, 0.2) is 0 Å². The normalized spacial score (nSPS) is 12.1. The molecule has 0 spiro atoms. The molecular weight excluding hydrogens is 250 g/mol. The lowest BCUT2D eigenvalue weighted by Crippen LogP contribution is -2.32. The molecular formula is C17H21NO2. The summed E-state index contributed by atoms with van der Waals surface area (Å²) in [6.45, 7) is 4.96. The van der Waals surface area contributed by atoms with Crippen LogP contribution >= 0.6 is 0 Å². The van der Waals surface area contributed by atoms with Crippen molar-refractivity contribution in [2.75, 3.05) is 13.2 Å². The molecule has 2 aromatic carbocycles. The first-order chi connectivity index (χ1) is 9.72. The molecule has 1 unspecified atom stereocenters. The number of rotatable bonds is 6. The maximum atomic E-state index is 11.6. The Balaban J connectivity index is 1.89. The fourth-order valence-electron chi connectivity index (χ4n) is 2.02. The Labute approximate surface area is 119 Å². The molecule has 0 radical (unpaired) electrons. The van der Waals surface area contributed by atoms with E-state index in [2.05, 4.69) is 17.4 Å². The molecule has 1 atom stereocenters. The Morgan fingerprint density at radius 1 is 1.20 bits per heavy atom. The van der Waals surface area contributed by atoms with Crippen LogP contribution < -0.4 is 10.1 Å². The lowest BCUT2D eigenvalue weighted by atomic mass is 10.1. The quantitative estimate of drug-likeness (QED) is 0.818. The Bertz CT molecular complexity index is 575. The van der Waals surface area contributed by atoms with Crippen molar-refractivity contribution in [3.63, 3.8) is 0 Å². The molecule has 0 aromatic heterocycles. The van der Waals surface area contributed by atoms with Crippen molar-refractivity contribution in [3.8, 4) is 5.75 Å². The van der Waals surface area contributed by atoms with E-state index in [0.29, 0.717) is 13.2 Å². The molecule has 0 bridgehead atoms. The predicted octanol–water partition coefficient (Wildman–Crippen LogP) is 3.38. The van der Waals surface area contributed by atoms with Gasteiger partial charge < -0.3 is 10.1 Å². The molecule has 0 aliphatic heterocycles. The first-order valence-electron chi connectivity index (χ1n) is 7.10. The molecule has 2 rings (SSSR count). The number of hydrogen-bond donors (Lipinski definition) is 1. The number of nitrogens with one attached hydrogen (secondary N) is 1. The minimum atomic E-state index is 0.0626. The second kappa shape index (κ2) is 6.94. The summed E-state index contributed by atoms with van der Waals surface area (Å²) in [6.07, 6.45) is 0.857. The summed E-state index contributed by atoms with van der Waals surface area (Å²) in [5.41, 5.74) is 0. The van der Waals surface area contributed by atoms with Crippen molar-refractivity contribution in [2.24, 2.45) is 5.92 Å². The van der Waals surface area contributed by atoms with Crippen LogP contribution in [0.3, 0.4) is 0 Å². The molecule has 1 amide bonds. The van der Waals surface area contributed by atoms with Gasteiger partial charge in [-0.3, -0.25) is 4.79 Å². The van der Waals surface area contributed by atoms with E-state index in [1.165, 1.54) is 0 Å². The second-order valence-electron chi connectivity index (χ2n) is 4.93. The van der Waals surface area contributed by atoms with E-state index in [-0.39, 0.29) is 11.8 Å². The number of hydrogen-bond acceptors (Lipinski definition) is 2. The summed E-state index contributed by atoms with van der Waals surface area (Å²) in [5.74, 6) is 1.02. The molecule has 0 saturated carbocycles. The van der Waals surface area contributed by atoms with E-state index in [1.807, 2.05) is 44.2 Å². The molecule has 106 valence electrons. The zero-order valence-electron chi connectivity index (χ0n) is 12.1. The molecule has 3 nitrogen and oxygen atoms in total. The van der Waals surface area contributed by atoms with Crippen molar-refractivity contribution >= 4 is 16.7 Å². The first-order valence-corrected chi connectivity index (χ1v) is 7.10. The SMILES string of the molecule is CCC(C)C(=O)NCCOc1cccc2ccccc12. The molecule has 0 aliphatic rings. The van der Waals surface area contributed by atoms with Gasteiger partial charge in [-0.1, -0.05) is 50.2 Å². The second-order valence-corrected chi connectivity index (χ2v) is 4.93. The van der Waals surface area contributed by atoms with E-state index in [4.69, 9.17) is 4.74 Å². The van der Waals surface area contributed by atoms with Gasteiger partial charge in [0.05, 0.1) is 6.54 Å².